The lowest BCUT2D eigenvalue weighted by Crippen LogP contribution is -2.22. The van der Waals surface area contributed by atoms with E-state index in [1.807, 2.05) is 36.4 Å². The van der Waals surface area contributed by atoms with Crippen LogP contribution in [-0.4, -0.2) is 16.3 Å². The highest BCUT2D eigenvalue weighted by Crippen LogP contribution is 2.19. The van der Waals surface area contributed by atoms with E-state index in [2.05, 4.69) is 42.1 Å². The first-order chi connectivity index (χ1) is 12.5. The Kier molecular flexibility index (Phi) is 5.52. The topological polar surface area (TPSA) is 51.1 Å². The minimum absolute atomic E-state index is 0.0183. The summed E-state index contributed by atoms with van der Waals surface area (Å²) in [5, 5.41) is 4.13. The highest BCUT2D eigenvalue weighted by Gasteiger charge is 2.08. The van der Waals surface area contributed by atoms with Gasteiger partial charge in [-0.2, -0.15) is 0 Å². The Labute approximate surface area is 153 Å². The molecule has 4 nitrogen and oxygen atoms in total. The van der Waals surface area contributed by atoms with Crippen molar-refractivity contribution in [2.24, 2.45) is 7.05 Å². The van der Waals surface area contributed by atoms with Crippen LogP contribution in [0.15, 0.2) is 54.6 Å². The van der Waals surface area contributed by atoms with Gasteiger partial charge in [0.2, 0.25) is 5.91 Å². The van der Waals surface area contributed by atoms with E-state index in [1.54, 1.807) is 0 Å². The molecule has 134 valence electrons. The fraction of sp³-hybridized carbons (Fsp3) is 0.273. The molecule has 1 aromatic heterocycles. The molecule has 0 saturated heterocycles. The van der Waals surface area contributed by atoms with Gasteiger partial charge in [0.25, 0.3) is 0 Å². The lowest BCUT2D eigenvalue weighted by Gasteiger charge is -2.06. The summed E-state index contributed by atoms with van der Waals surface area (Å²) in [6.45, 7) is 2.59. The summed E-state index contributed by atoms with van der Waals surface area (Å²) in [4.78, 5) is 24.1. The van der Waals surface area contributed by atoms with E-state index in [0.717, 1.165) is 5.56 Å². The number of aryl methyl sites for hydroxylation is 2. The van der Waals surface area contributed by atoms with Crippen LogP contribution >= 0.6 is 0 Å². The van der Waals surface area contributed by atoms with Gasteiger partial charge in [-0.1, -0.05) is 36.4 Å². The average molecular weight is 348 g/mol. The molecular formula is C22H24N2O2. The van der Waals surface area contributed by atoms with E-state index in [4.69, 9.17) is 0 Å². The molecule has 1 heterocycles. The standard InChI is InChI=1S/C22H24N2O2/c1-16-13-19-14-17(11-12-20(19)24(16)2)15-23-22(26)10-6-9-21(25)18-7-4-3-5-8-18/h3-5,7-8,11-14H,6,9-10,15H2,1-2H3,(H,23,26). The average Bonchev–Trinajstić information content (AvgIpc) is 2.94. The smallest absolute Gasteiger partial charge is 0.220 e. The Morgan fingerprint density at radius 1 is 1.00 bits per heavy atom. The molecule has 3 aromatic rings. The summed E-state index contributed by atoms with van der Waals surface area (Å²) < 4.78 is 2.15. The van der Waals surface area contributed by atoms with E-state index in [0.29, 0.717) is 31.4 Å². The van der Waals surface area contributed by atoms with Crippen molar-refractivity contribution < 1.29 is 9.59 Å². The van der Waals surface area contributed by atoms with Crippen LogP contribution in [0.1, 0.15) is 40.9 Å². The Morgan fingerprint density at radius 3 is 2.54 bits per heavy atom. The van der Waals surface area contributed by atoms with Crippen molar-refractivity contribution in [1.82, 2.24) is 9.88 Å². The second kappa shape index (κ2) is 8.00. The Balaban J connectivity index is 1.46. The SMILES string of the molecule is Cc1cc2cc(CNC(=O)CCCC(=O)c3ccccc3)ccc2n1C. The molecule has 0 saturated carbocycles. The van der Waals surface area contributed by atoms with Crippen LogP contribution in [0.5, 0.6) is 0 Å². The molecular weight excluding hydrogens is 324 g/mol. The van der Waals surface area contributed by atoms with Crippen LogP contribution in [0, 0.1) is 6.92 Å². The van der Waals surface area contributed by atoms with Gasteiger partial charge in [0.1, 0.15) is 0 Å². The monoisotopic (exact) mass is 348 g/mol. The molecule has 0 aliphatic carbocycles. The molecule has 0 aliphatic heterocycles. The minimum atomic E-state index is -0.0183. The number of carbonyl (C=O) groups excluding carboxylic acids is 2. The van der Waals surface area contributed by atoms with Crippen molar-refractivity contribution in [3.05, 3.63) is 71.4 Å². The normalized spacial score (nSPS) is 10.8. The third kappa shape index (κ3) is 4.20. The van der Waals surface area contributed by atoms with E-state index < -0.39 is 0 Å². The van der Waals surface area contributed by atoms with E-state index in [-0.39, 0.29) is 11.7 Å². The van der Waals surface area contributed by atoms with E-state index >= 15 is 0 Å². The molecule has 2 aromatic carbocycles. The molecule has 0 spiro atoms. The number of hydrogen-bond acceptors (Lipinski definition) is 2. The number of Topliss-reactive ketones (excluding diaryl/α,β-unsaturated/α-hetero) is 1. The number of aromatic nitrogens is 1. The van der Waals surface area contributed by atoms with E-state index in [1.165, 1.54) is 16.6 Å². The lowest BCUT2D eigenvalue weighted by atomic mass is 10.1. The second-order valence-electron chi connectivity index (χ2n) is 6.66. The molecule has 0 bridgehead atoms. The number of ketones is 1. The number of benzene rings is 2. The highest BCUT2D eigenvalue weighted by molar-refractivity contribution is 5.96. The van der Waals surface area contributed by atoms with Crippen molar-refractivity contribution in [1.29, 1.82) is 0 Å². The van der Waals surface area contributed by atoms with E-state index in [9.17, 15) is 9.59 Å². The molecule has 0 unspecified atom stereocenters. The minimum Gasteiger partial charge on any atom is -0.352 e. The van der Waals surface area contributed by atoms with Crippen molar-refractivity contribution in [3.63, 3.8) is 0 Å². The first-order valence-electron chi connectivity index (χ1n) is 8.94. The van der Waals surface area contributed by atoms with Gasteiger partial charge in [0.15, 0.2) is 5.78 Å². The third-order valence-electron chi connectivity index (χ3n) is 4.74. The summed E-state index contributed by atoms with van der Waals surface area (Å²) in [7, 11) is 2.05. The summed E-state index contributed by atoms with van der Waals surface area (Å²) in [6, 6.07) is 17.6. The van der Waals surface area contributed by atoms with Gasteiger partial charge >= 0.3 is 0 Å². The molecule has 26 heavy (non-hydrogen) atoms. The van der Waals surface area contributed by atoms with Crippen molar-refractivity contribution in [3.8, 4) is 0 Å². The third-order valence-corrected chi connectivity index (χ3v) is 4.74. The molecule has 1 amide bonds. The number of fused-ring (bicyclic) bond motifs is 1. The predicted octanol–water partition coefficient (Wildman–Crippen LogP) is 4.16. The zero-order valence-electron chi connectivity index (χ0n) is 15.3. The predicted molar refractivity (Wildman–Crippen MR) is 104 cm³/mol. The van der Waals surface area contributed by atoms with Crippen LogP contribution in [0.2, 0.25) is 0 Å². The molecule has 0 atom stereocenters. The molecule has 3 rings (SSSR count). The zero-order valence-corrected chi connectivity index (χ0v) is 15.3. The molecule has 0 fully saturated rings. The summed E-state index contributed by atoms with van der Waals surface area (Å²) >= 11 is 0. The maximum Gasteiger partial charge on any atom is 0.220 e. The quantitative estimate of drug-likeness (QED) is 0.652. The van der Waals surface area contributed by atoms with Crippen LogP contribution in [0.25, 0.3) is 10.9 Å². The van der Waals surface area contributed by atoms with Crippen LogP contribution in [0.4, 0.5) is 0 Å². The van der Waals surface area contributed by atoms with Gasteiger partial charge in [0.05, 0.1) is 0 Å². The molecule has 0 radical (unpaired) electrons. The first-order valence-corrected chi connectivity index (χ1v) is 8.94. The Bertz CT molecular complexity index is 926. The number of rotatable bonds is 7. The largest absolute Gasteiger partial charge is 0.352 e. The van der Waals surface area contributed by atoms with Gasteiger partial charge in [-0.05, 0) is 37.1 Å². The zero-order chi connectivity index (χ0) is 18.5. The van der Waals surface area contributed by atoms with Crippen molar-refractivity contribution in [2.45, 2.75) is 32.7 Å². The van der Waals surface area contributed by atoms with Crippen molar-refractivity contribution >= 4 is 22.6 Å². The molecule has 1 N–H and O–H groups in total. The van der Waals surface area contributed by atoms with Gasteiger partial charge in [0, 0.05) is 48.6 Å². The van der Waals surface area contributed by atoms with Gasteiger partial charge in [-0.15, -0.1) is 0 Å². The van der Waals surface area contributed by atoms with Gasteiger partial charge < -0.3 is 9.88 Å². The fourth-order valence-electron chi connectivity index (χ4n) is 3.11. The van der Waals surface area contributed by atoms with Crippen LogP contribution in [-0.2, 0) is 18.4 Å². The highest BCUT2D eigenvalue weighted by atomic mass is 16.1. The summed E-state index contributed by atoms with van der Waals surface area (Å²) in [6.07, 6.45) is 1.33. The number of hydrogen-bond donors (Lipinski definition) is 1. The maximum atomic E-state index is 12.0. The maximum absolute atomic E-state index is 12.0. The van der Waals surface area contributed by atoms with Crippen LogP contribution < -0.4 is 5.32 Å². The number of carbonyl (C=O) groups is 2. The number of amides is 1. The molecule has 0 aliphatic rings. The second-order valence-corrected chi connectivity index (χ2v) is 6.66. The van der Waals surface area contributed by atoms with Crippen molar-refractivity contribution in [2.75, 3.05) is 0 Å². The number of nitrogens with zero attached hydrogens (tertiary/aromatic N) is 1. The van der Waals surface area contributed by atoms with Gasteiger partial charge in [-0.25, -0.2) is 0 Å². The summed E-state index contributed by atoms with van der Waals surface area (Å²) in [5.41, 5.74) is 4.19. The first kappa shape index (κ1) is 17.9. The lowest BCUT2D eigenvalue weighted by molar-refractivity contribution is -0.121. The fourth-order valence-corrected chi connectivity index (χ4v) is 3.11. The summed E-state index contributed by atoms with van der Waals surface area (Å²) in [5.74, 6) is 0.0681. The Morgan fingerprint density at radius 2 is 1.77 bits per heavy atom. The van der Waals surface area contributed by atoms with Gasteiger partial charge in [-0.3, -0.25) is 9.59 Å². The molecule has 4 heteroatoms. The van der Waals surface area contributed by atoms with Crippen LogP contribution in [0.3, 0.4) is 0 Å². The number of nitrogens with one attached hydrogen (secondary N) is 1. The Hall–Kier alpha value is -2.88.